The molecule has 0 fully saturated rings. The Labute approximate surface area is 147 Å². The molecule has 0 atom stereocenters. The van der Waals surface area contributed by atoms with Crippen LogP contribution in [-0.2, 0) is 19.1 Å². The van der Waals surface area contributed by atoms with E-state index >= 15 is 0 Å². The van der Waals surface area contributed by atoms with Crippen molar-refractivity contribution >= 4 is 18.0 Å². The molecule has 1 amide bonds. The van der Waals surface area contributed by atoms with E-state index in [4.69, 9.17) is 20.4 Å². The first kappa shape index (κ1) is 30.5. The Morgan fingerprint density at radius 1 is 0.920 bits per heavy atom. The highest BCUT2D eigenvalue weighted by molar-refractivity contribution is 5.85. The van der Waals surface area contributed by atoms with Gasteiger partial charge in [-0.3, -0.25) is 0 Å². The molecule has 0 heterocycles. The quantitative estimate of drug-likeness (QED) is 0.314. The molecule has 0 bridgehead atoms. The summed E-state index contributed by atoms with van der Waals surface area (Å²) < 4.78 is 8.81. The van der Waals surface area contributed by atoms with Gasteiger partial charge in [-0.1, -0.05) is 13.2 Å². The zero-order valence-corrected chi connectivity index (χ0v) is 14.9. The van der Waals surface area contributed by atoms with E-state index in [1.807, 2.05) is 0 Å². The second-order valence-corrected chi connectivity index (χ2v) is 3.98. The molecule has 25 heavy (non-hydrogen) atoms. The minimum absolute atomic E-state index is 0.0278. The number of carbonyl (C=O) groups excluding carboxylic acids is 1. The van der Waals surface area contributed by atoms with Crippen LogP contribution in [0.3, 0.4) is 0 Å². The highest BCUT2D eigenvalue weighted by Crippen LogP contribution is 1.81. The van der Waals surface area contributed by atoms with Crippen LogP contribution in [-0.4, -0.2) is 71.5 Å². The van der Waals surface area contributed by atoms with E-state index < -0.39 is 18.0 Å². The second-order valence-electron chi connectivity index (χ2n) is 3.98. The minimum atomic E-state index is -0.935. The molecule has 0 aliphatic carbocycles. The zero-order valence-electron chi connectivity index (χ0n) is 14.9. The number of aliphatic hydroxyl groups excluding tert-OH is 2. The van der Waals surface area contributed by atoms with Crippen LogP contribution in [0.1, 0.15) is 20.8 Å². The van der Waals surface area contributed by atoms with Gasteiger partial charge in [0.2, 0.25) is 0 Å². The number of carboxylic acids is 2. The third-order valence-corrected chi connectivity index (χ3v) is 1.49. The Morgan fingerprint density at radius 2 is 1.20 bits per heavy atom. The predicted octanol–water partition coefficient (Wildman–Crippen LogP) is 0.383. The van der Waals surface area contributed by atoms with Gasteiger partial charge >= 0.3 is 18.0 Å². The van der Waals surface area contributed by atoms with E-state index in [1.54, 1.807) is 6.92 Å². The lowest BCUT2D eigenvalue weighted by Gasteiger charge is -1.94. The third-order valence-electron chi connectivity index (χ3n) is 1.49. The maximum Gasteiger partial charge on any atom is 0.404 e. The summed E-state index contributed by atoms with van der Waals surface area (Å²) in [6.45, 7) is 12.0. The average molecular weight is 367 g/mol. The molecule has 0 aliphatic heterocycles. The third kappa shape index (κ3) is 52.3. The summed E-state index contributed by atoms with van der Waals surface area (Å²) in [5, 5.41) is 32.0. The van der Waals surface area contributed by atoms with E-state index in [0.29, 0.717) is 19.8 Å². The van der Waals surface area contributed by atoms with Crippen molar-refractivity contribution < 1.29 is 44.3 Å². The number of aliphatic carboxylic acids is 2. The molecule has 10 heteroatoms. The average Bonchev–Trinajstić information content (AvgIpc) is 2.49. The Hall–Kier alpha value is -2.43. The van der Waals surface area contributed by atoms with Crippen LogP contribution in [0.2, 0.25) is 0 Å². The fourth-order valence-electron chi connectivity index (χ4n) is 0.373. The monoisotopic (exact) mass is 367 g/mol. The largest absolute Gasteiger partial charge is 0.478 e. The lowest BCUT2D eigenvalue weighted by Crippen LogP contribution is -2.11. The number of amides is 1. The van der Waals surface area contributed by atoms with Crippen LogP contribution in [0.4, 0.5) is 4.79 Å². The van der Waals surface area contributed by atoms with Gasteiger partial charge in [0.1, 0.15) is 0 Å². The standard InChI is InChI=1S/C4H10O3.2C4H6O2.C3H7NO2/c5-1-3-7-4-2-6;2*1-3(2)4(5)6;1-2-6-3(4)5/h5-6H,1-4H2;2*1H2,2H3,(H,5,6);2H2,1H3,(H2,4,5). The highest BCUT2D eigenvalue weighted by atomic mass is 16.5. The Balaban J connectivity index is -0.000000118. The number of carboxylic acid groups (broad SMARTS) is 2. The lowest BCUT2D eigenvalue weighted by molar-refractivity contribution is -0.133. The second kappa shape index (κ2) is 23.8. The highest BCUT2D eigenvalue weighted by Gasteiger charge is 1.90. The normalized spacial score (nSPS) is 8.04. The van der Waals surface area contributed by atoms with Crippen LogP contribution >= 0.6 is 0 Å². The molecule has 0 spiro atoms. The number of nitrogens with two attached hydrogens (primary N) is 1. The molecular formula is C15H29NO9. The Morgan fingerprint density at radius 3 is 1.28 bits per heavy atom. The fraction of sp³-hybridized carbons (Fsp3) is 0.533. The van der Waals surface area contributed by atoms with Crippen LogP contribution in [0.25, 0.3) is 0 Å². The van der Waals surface area contributed by atoms with Crippen LogP contribution in [0.15, 0.2) is 24.3 Å². The number of ether oxygens (including phenoxy) is 2. The molecule has 0 unspecified atom stereocenters. The first-order valence-corrected chi connectivity index (χ1v) is 6.97. The molecule has 0 saturated carbocycles. The van der Waals surface area contributed by atoms with Gasteiger partial charge in [0.25, 0.3) is 0 Å². The molecule has 0 aromatic rings. The van der Waals surface area contributed by atoms with Crippen molar-refractivity contribution in [2.75, 3.05) is 33.0 Å². The van der Waals surface area contributed by atoms with Crippen molar-refractivity contribution in [3.8, 4) is 0 Å². The molecule has 0 aromatic heterocycles. The van der Waals surface area contributed by atoms with E-state index in [1.165, 1.54) is 13.8 Å². The summed E-state index contributed by atoms with van der Waals surface area (Å²) in [6.07, 6.45) is -0.711. The van der Waals surface area contributed by atoms with Gasteiger partial charge in [-0.05, 0) is 20.8 Å². The number of hydrogen-bond donors (Lipinski definition) is 5. The number of carbonyl (C=O) groups is 3. The van der Waals surface area contributed by atoms with Gasteiger partial charge in [0.05, 0.1) is 33.0 Å². The van der Waals surface area contributed by atoms with E-state index in [0.717, 1.165) is 0 Å². The summed E-state index contributed by atoms with van der Waals surface area (Å²) in [6, 6.07) is 0. The van der Waals surface area contributed by atoms with Crippen molar-refractivity contribution in [1.82, 2.24) is 0 Å². The van der Waals surface area contributed by atoms with E-state index in [9.17, 15) is 14.4 Å². The smallest absolute Gasteiger partial charge is 0.404 e. The predicted molar refractivity (Wildman–Crippen MR) is 91.1 cm³/mol. The van der Waals surface area contributed by atoms with Gasteiger partial charge in [0, 0.05) is 11.1 Å². The van der Waals surface area contributed by atoms with Gasteiger partial charge in [-0.2, -0.15) is 0 Å². The summed E-state index contributed by atoms with van der Waals surface area (Å²) in [4.78, 5) is 28.8. The Bertz CT molecular complexity index is 342. The number of aliphatic hydroxyl groups is 2. The topological polar surface area (TPSA) is 177 Å². The molecule has 0 saturated heterocycles. The van der Waals surface area contributed by atoms with Gasteiger partial charge in [0.15, 0.2) is 0 Å². The van der Waals surface area contributed by atoms with Crippen molar-refractivity contribution in [3.63, 3.8) is 0 Å². The SMILES string of the molecule is C=C(C)C(=O)O.C=C(C)C(=O)O.CCOC(N)=O.OCCOCCO. The molecule has 148 valence electrons. The maximum atomic E-state index is 9.60. The first-order valence-electron chi connectivity index (χ1n) is 6.97. The van der Waals surface area contributed by atoms with Crippen molar-refractivity contribution in [3.05, 3.63) is 24.3 Å². The van der Waals surface area contributed by atoms with Gasteiger partial charge in [-0.25, -0.2) is 14.4 Å². The van der Waals surface area contributed by atoms with Crippen molar-refractivity contribution in [1.29, 1.82) is 0 Å². The van der Waals surface area contributed by atoms with E-state index in [-0.39, 0.29) is 24.4 Å². The van der Waals surface area contributed by atoms with Crippen LogP contribution < -0.4 is 5.73 Å². The van der Waals surface area contributed by atoms with Crippen LogP contribution in [0.5, 0.6) is 0 Å². The van der Waals surface area contributed by atoms with Gasteiger partial charge < -0.3 is 35.6 Å². The summed E-state index contributed by atoms with van der Waals surface area (Å²) in [5.41, 5.74) is 4.89. The van der Waals surface area contributed by atoms with Crippen molar-refractivity contribution in [2.24, 2.45) is 5.73 Å². The number of rotatable bonds is 7. The molecular weight excluding hydrogens is 338 g/mol. The first-order chi connectivity index (χ1) is 11.5. The Kier molecular flexibility index (Phi) is 29.0. The molecule has 0 aromatic carbocycles. The molecule has 0 rings (SSSR count). The number of hydrogen-bond acceptors (Lipinski definition) is 7. The molecule has 6 N–H and O–H groups in total. The summed E-state index contributed by atoms with van der Waals surface area (Å²) in [5.74, 6) is -1.87. The van der Waals surface area contributed by atoms with Crippen LogP contribution in [0, 0.1) is 0 Å². The molecule has 10 nitrogen and oxygen atoms in total. The minimum Gasteiger partial charge on any atom is -0.478 e. The summed E-state index contributed by atoms with van der Waals surface area (Å²) >= 11 is 0. The zero-order chi connectivity index (χ0) is 20.8. The number of primary amides is 1. The fourth-order valence-corrected chi connectivity index (χ4v) is 0.373. The molecule has 0 aliphatic rings. The maximum absolute atomic E-state index is 9.60. The molecule has 0 radical (unpaired) electrons. The summed E-state index contributed by atoms with van der Waals surface area (Å²) in [7, 11) is 0. The lowest BCUT2D eigenvalue weighted by atomic mass is 10.4. The van der Waals surface area contributed by atoms with Gasteiger partial charge in [-0.15, -0.1) is 0 Å². The van der Waals surface area contributed by atoms with E-state index in [2.05, 4.69) is 28.4 Å². The van der Waals surface area contributed by atoms with Crippen molar-refractivity contribution in [2.45, 2.75) is 20.8 Å².